The molecule has 0 atom stereocenters. The number of ether oxygens (including phenoxy) is 1. The molecule has 3 N–H and O–H groups in total. The minimum atomic E-state index is -0.855. The molecular weight excluding hydrogens is 260 g/mol. The quantitative estimate of drug-likeness (QED) is 0.628. The van der Waals surface area contributed by atoms with E-state index in [2.05, 4.69) is 10.6 Å². The highest BCUT2D eigenvalue weighted by atomic mass is 16.5. The van der Waals surface area contributed by atoms with E-state index in [9.17, 15) is 9.59 Å². The first-order chi connectivity index (χ1) is 9.61. The van der Waals surface area contributed by atoms with Gasteiger partial charge in [0.25, 0.3) is 0 Å². The molecule has 0 saturated heterocycles. The zero-order valence-corrected chi connectivity index (χ0v) is 11.5. The van der Waals surface area contributed by atoms with Gasteiger partial charge in [-0.3, -0.25) is 4.79 Å². The zero-order chi connectivity index (χ0) is 14.8. The van der Waals surface area contributed by atoms with E-state index in [1.807, 2.05) is 24.3 Å². The molecule has 1 aromatic carbocycles. The molecule has 2 amide bonds. The summed E-state index contributed by atoms with van der Waals surface area (Å²) in [5.74, 6) is -0.0513. The van der Waals surface area contributed by atoms with Gasteiger partial charge in [-0.25, -0.2) is 4.79 Å². The molecule has 6 heteroatoms. The molecule has 20 heavy (non-hydrogen) atoms. The Morgan fingerprint density at radius 3 is 2.40 bits per heavy atom. The number of carboxylic acids is 1. The van der Waals surface area contributed by atoms with Crippen LogP contribution in [0.5, 0.6) is 5.75 Å². The normalized spacial score (nSPS) is 9.85. The molecule has 0 aliphatic heterocycles. The van der Waals surface area contributed by atoms with E-state index < -0.39 is 5.97 Å². The Bertz CT molecular complexity index is 431. The van der Waals surface area contributed by atoms with Crippen LogP contribution in [0.4, 0.5) is 4.79 Å². The van der Waals surface area contributed by atoms with Crippen molar-refractivity contribution in [3.8, 4) is 5.75 Å². The Kier molecular flexibility index (Phi) is 6.95. The van der Waals surface area contributed by atoms with Gasteiger partial charge in [0.15, 0.2) is 0 Å². The molecule has 0 bridgehead atoms. The van der Waals surface area contributed by atoms with Crippen molar-refractivity contribution in [3.63, 3.8) is 0 Å². The first-order valence-corrected chi connectivity index (χ1v) is 6.48. The fourth-order valence-electron chi connectivity index (χ4n) is 1.62. The lowest BCUT2D eigenvalue weighted by Crippen LogP contribution is -2.37. The summed E-state index contributed by atoms with van der Waals surface area (Å²) in [5.41, 5.74) is 1.11. The predicted molar refractivity (Wildman–Crippen MR) is 75.0 cm³/mol. The lowest BCUT2D eigenvalue weighted by atomic mass is 10.1. The molecule has 1 aromatic rings. The van der Waals surface area contributed by atoms with Gasteiger partial charge in [-0.2, -0.15) is 0 Å². The Morgan fingerprint density at radius 1 is 1.15 bits per heavy atom. The summed E-state index contributed by atoms with van der Waals surface area (Å²) >= 11 is 0. The third-order valence-corrected chi connectivity index (χ3v) is 2.71. The van der Waals surface area contributed by atoms with Crippen molar-refractivity contribution in [2.75, 3.05) is 20.2 Å². The Balaban J connectivity index is 2.13. The van der Waals surface area contributed by atoms with Crippen LogP contribution in [-0.4, -0.2) is 37.3 Å². The molecule has 0 aliphatic carbocycles. The third kappa shape index (κ3) is 6.63. The van der Waals surface area contributed by atoms with E-state index in [-0.39, 0.29) is 12.5 Å². The fourth-order valence-corrected chi connectivity index (χ4v) is 1.62. The summed E-state index contributed by atoms with van der Waals surface area (Å²) in [5, 5.41) is 13.8. The second kappa shape index (κ2) is 8.79. The first-order valence-electron chi connectivity index (χ1n) is 6.48. The highest BCUT2D eigenvalue weighted by molar-refractivity contribution is 5.73. The second-order valence-electron chi connectivity index (χ2n) is 4.28. The fraction of sp³-hybridized carbons (Fsp3) is 0.429. The standard InChI is InChI=1S/C14H20N2O4/c1-20-12-6-4-11(5-7-12)8-10-16-14(19)15-9-2-3-13(17)18/h4-7H,2-3,8-10H2,1H3,(H,17,18)(H2,15,16,19). The van der Waals surface area contributed by atoms with Gasteiger partial charge >= 0.3 is 12.0 Å². The van der Waals surface area contributed by atoms with Crippen molar-refractivity contribution in [1.82, 2.24) is 10.6 Å². The summed E-state index contributed by atoms with van der Waals surface area (Å²) in [6.45, 7) is 0.887. The molecule has 1 rings (SSSR count). The number of benzene rings is 1. The van der Waals surface area contributed by atoms with Crippen molar-refractivity contribution in [1.29, 1.82) is 0 Å². The number of aliphatic carboxylic acids is 1. The lowest BCUT2D eigenvalue weighted by molar-refractivity contribution is -0.137. The molecular formula is C14H20N2O4. The van der Waals surface area contributed by atoms with Crippen LogP contribution in [0.2, 0.25) is 0 Å². The van der Waals surface area contributed by atoms with Gasteiger partial charge < -0.3 is 20.5 Å². The van der Waals surface area contributed by atoms with Crippen LogP contribution < -0.4 is 15.4 Å². The summed E-state index contributed by atoms with van der Waals surface area (Å²) in [4.78, 5) is 21.7. The number of amides is 2. The van der Waals surface area contributed by atoms with Crippen LogP contribution in [0.25, 0.3) is 0 Å². The smallest absolute Gasteiger partial charge is 0.314 e. The second-order valence-corrected chi connectivity index (χ2v) is 4.28. The minimum Gasteiger partial charge on any atom is -0.497 e. The maximum atomic E-state index is 11.4. The van der Waals surface area contributed by atoms with Crippen molar-refractivity contribution in [2.45, 2.75) is 19.3 Å². The van der Waals surface area contributed by atoms with E-state index in [4.69, 9.17) is 9.84 Å². The lowest BCUT2D eigenvalue weighted by Gasteiger charge is -2.07. The van der Waals surface area contributed by atoms with Crippen LogP contribution >= 0.6 is 0 Å². The van der Waals surface area contributed by atoms with Gasteiger partial charge in [0.1, 0.15) is 5.75 Å². The molecule has 0 fully saturated rings. The summed E-state index contributed by atoms with van der Waals surface area (Å²) in [7, 11) is 1.62. The number of methoxy groups -OCH3 is 1. The van der Waals surface area contributed by atoms with Crippen LogP contribution in [0.1, 0.15) is 18.4 Å². The van der Waals surface area contributed by atoms with Gasteiger partial charge in [0.2, 0.25) is 0 Å². The maximum Gasteiger partial charge on any atom is 0.314 e. The largest absolute Gasteiger partial charge is 0.497 e. The number of carboxylic acid groups (broad SMARTS) is 1. The molecule has 6 nitrogen and oxygen atoms in total. The maximum absolute atomic E-state index is 11.4. The van der Waals surface area contributed by atoms with Gasteiger partial charge in [-0.05, 0) is 30.5 Å². The number of nitrogens with one attached hydrogen (secondary N) is 2. The number of carbonyl (C=O) groups excluding carboxylic acids is 1. The summed E-state index contributed by atoms with van der Waals surface area (Å²) in [6, 6.07) is 7.38. The van der Waals surface area contributed by atoms with Crippen molar-refractivity contribution in [2.24, 2.45) is 0 Å². The van der Waals surface area contributed by atoms with E-state index in [0.29, 0.717) is 19.5 Å². The predicted octanol–water partition coefficient (Wildman–Crippen LogP) is 1.40. The Labute approximate surface area is 118 Å². The average Bonchev–Trinajstić information content (AvgIpc) is 2.44. The highest BCUT2D eigenvalue weighted by Crippen LogP contribution is 2.11. The topological polar surface area (TPSA) is 87.7 Å². The molecule has 0 spiro atoms. The Morgan fingerprint density at radius 2 is 1.80 bits per heavy atom. The van der Waals surface area contributed by atoms with Crippen LogP contribution in [0.15, 0.2) is 24.3 Å². The molecule has 0 aromatic heterocycles. The average molecular weight is 280 g/mol. The van der Waals surface area contributed by atoms with E-state index in [1.54, 1.807) is 7.11 Å². The molecule has 0 saturated carbocycles. The number of urea groups is 1. The first kappa shape index (κ1) is 15.8. The van der Waals surface area contributed by atoms with Gasteiger partial charge in [0.05, 0.1) is 7.11 Å². The number of hydrogen-bond acceptors (Lipinski definition) is 3. The molecule has 110 valence electrons. The summed E-state index contributed by atoms with van der Waals surface area (Å²) < 4.78 is 5.06. The molecule has 0 radical (unpaired) electrons. The highest BCUT2D eigenvalue weighted by Gasteiger charge is 2.01. The SMILES string of the molecule is COc1ccc(CCNC(=O)NCCCC(=O)O)cc1. The van der Waals surface area contributed by atoms with Crippen LogP contribution in [0, 0.1) is 0 Å². The van der Waals surface area contributed by atoms with E-state index >= 15 is 0 Å². The van der Waals surface area contributed by atoms with Gasteiger partial charge in [-0.1, -0.05) is 12.1 Å². The van der Waals surface area contributed by atoms with E-state index in [1.165, 1.54) is 0 Å². The van der Waals surface area contributed by atoms with Crippen molar-refractivity contribution >= 4 is 12.0 Å². The monoisotopic (exact) mass is 280 g/mol. The third-order valence-electron chi connectivity index (χ3n) is 2.71. The van der Waals surface area contributed by atoms with Crippen molar-refractivity contribution < 1.29 is 19.4 Å². The minimum absolute atomic E-state index is 0.0616. The number of rotatable bonds is 8. The molecule has 0 heterocycles. The summed E-state index contributed by atoms with van der Waals surface area (Å²) in [6.07, 6.45) is 1.22. The number of carbonyl (C=O) groups is 2. The van der Waals surface area contributed by atoms with E-state index in [0.717, 1.165) is 17.7 Å². The van der Waals surface area contributed by atoms with Gasteiger partial charge in [0, 0.05) is 19.5 Å². The molecule has 0 unspecified atom stereocenters. The zero-order valence-electron chi connectivity index (χ0n) is 11.5. The van der Waals surface area contributed by atoms with Crippen LogP contribution in [0.3, 0.4) is 0 Å². The number of hydrogen-bond donors (Lipinski definition) is 3. The van der Waals surface area contributed by atoms with Crippen molar-refractivity contribution in [3.05, 3.63) is 29.8 Å². The van der Waals surface area contributed by atoms with Gasteiger partial charge in [-0.15, -0.1) is 0 Å². The van der Waals surface area contributed by atoms with Crippen LogP contribution in [-0.2, 0) is 11.2 Å². The molecule has 0 aliphatic rings. The Hall–Kier alpha value is -2.24.